The Kier molecular flexibility index (Phi) is 3.77. The molecule has 2 aliphatic heterocycles. The monoisotopic (exact) mass is 263 g/mol. The van der Waals surface area contributed by atoms with Crippen LogP contribution in [0.15, 0.2) is 18.2 Å². The fourth-order valence-corrected chi connectivity index (χ4v) is 3.73. The second-order valence-electron chi connectivity index (χ2n) is 5.19. The Labute approximate surface area is 113 Å². The van der Waals surface area contributed by atoms with E-state index in [0.717, 1.165) is 18.8 Å². The quantitative estimate of drug-likeness (QED) is 0.840. The molecule has 1 fully saturated rings. The second-order valence-corrected chi connectivity index (χ2v) is 6.42. The number of hydrogen-bond acceptors (Lipinski definition) is 4. The Morgan fingerprint density at radius 1 is 1.00 bits per heavy atom. The molecule has 98 valence electrons. The maximum absolute atomic E-state index is 5.84. The lowest BCUT2D eigenvalue weighted by Gasteiger charge is -2.28. The Balaban J connectivity index is 1.51. The molecule has 3 rings (SSSR count). The number of nitrogens with zero attached hydrogens (tertiary/aromatic N) is 2. The van der Waals surface area contributed by atoms with E-state index in [0.29, 0.717) is 0 Å². The van der Waals surface area contributed by atoms with Gasteiger partial charge in [0, 0.05) is 56.5 Å². The maximum atomic E-state index is 5.84. The van der Waals surface area contributed by atoms with E-state index >= 15 is 0 Å². The van der Waals surface area contributed by atoms with Crippen molar-refractivity contribution in [3.05, 3.63) is 29.3 Å². The molecule has 0 spiro atoms. The zero-order valence-electron chi connectivity index (χ0n) is 10.8. The van der Waals surface area contributed by atoms with Gasteiger partial charge in [0.2, 0.25) is 0 Å². The van der Waals surface area contributed by atoms with Gasteiger partial charge in [-0.25, -0.2) is 0 Å². The first-order valence-electron chi connectivity index (χ1n) is 6.71. The first kappa shape index (κ1) is 12.3. The van der Waals surface area contributed by atoms with Gasteiger partial charge in [0.05, 0.1) is 0 Å². The van der Waals surface area contributed by atoms with Crippen LogP contribution in [0.25, 0.3) is 0 Å². The molecule has 0 atom stereocenters. The van der Waals surface area contributed by atoms with Crippen LogP contribution in [0.1, 0.15) is 11.1 Å². The minimum Gasteiger partial charge on any atom is -0.399 e. The van der Waals surface area contributed by atoms with Crippen LogP contribution in [0, 0.1) is 0 Å². The smallest absolute Gasteiger partial charge is 0.0317 e. The molecule has 4 heteroatoms. The van der Waals surface area contributed by atoms with Crippen molar-refractivity contribution in [2.45, 2.75) is 13.1 Å². The number of hydrogen-bond donors (Lipinski definition) is 1. The summed E-state index contributed by atoms with van der Waals surface area (Å²) in [6.07, 6.45) is 0. The van der Waals surface area contributed by atoms with E-state index in [-0.39, 0.29) is 0 Å². The van der Waals surface area contributed by atoms with Crippen molar-refractivity contribution in [1.82, 2.24) is 9.80 Å². The first-order valence-corrected chi connectivity index (χ1v) is 7.86. The summed E-state index contributed by atoms with van der Waals surface area (Å²) in [7, 11) is 0. The average molecular weight is 263 g/mol. The highest BCUT2D eigenvalue weighted by molar-refractivity contribution is 7.99. The van der Waals surface area contributed by atoms with Crippen molar-refractivity contribution in [1.29, 1.82) is 0 Å². The summed E-state index contributed by atoms with van der Waals surface area (Å²) < 4.78 is 0. The number of benzene rings is 1. The summed E-state index contributed by atoms with van der Waals surface area (Å²) in [6, 6.07) is 6.33. The summed E-state index contributed by atoms with van der Waals surface area (Å²) in [4.78, 5) is 5.12. The van der Waals surface area contributed by atoms with Crippen molar-refractivity contribution >= 4 is 17.4 Å². The lowest BCUT2D eigenvalue weighted by atomic mass is 10.1. The highest BCUT2D eigenvalue weighted by Crippen LogP contribution is 2.24. The lowest BCUT2D eigenvalue weighted by Crippen LogP contribution is -2.38. The van der Waals surface area contributed by atoms with E-state index in [1.807, 2.05) is 6.07 Å². The van der Waals surface area contributed by atoms with Crippen LogP contribution in [0.4, 0.5) is 5.69 Å². The van der Waals surface area contributed by atoms with Gasteiger partial charge in [-0.1, -0.05) is 6.07 Å². The minimum absolute atomic E-state index is 0.892. The van der Waals surface area contributed by atoms with Gasteiger partial charge in [-0.2, -0.15) is 11.8 Å². The molecular formula is C14H21N3S. The summed E-state index contributed by atoms with van der Waals surface area (Å²) >= 11 is 2.08. The predicted molar refractivity (Wildman–Crippen MR) is 78.7 cm³/mol. The highest BCUT2D eigenvalue weighted by atomic mass is 32.2. The van der Waals surface area contributed by atoms with Gasteiger partial charge < -0.3 is 10.6 Å². The molecule has 0 saturated carbocycles. The van der Waals surface area contributed by atoms with Crippen molar-refractivity contribution in [3.63, 3.8) is 0 Å². The van der Waals surface area contributed by atoms with Crippen molar-refractivity contribution in [2.24, 2.45) is 0 Å². The topological polar surface area (TPSA) is 32.5 Å². The fourth-order valence-electron chi connectivity index (χ4n) is 2.75. The highest BCUT2D eigenvalue weighted by Gasteiger charge is 2.19. The molecular weight excluding hydrogens is 242 g/mol. The van der Waals surface area contributed by atoms with E-state index in [4.69, 9.17) is 5.73 Å². The third-order valence-electron chi connectivity index (χ3n) is 3.85. The van der Waals surface area contributed by atoms with Crippen molar-refractivity contribution in [2.75, 3.05) is 43.4 Å². The molecule has 2 aliphatic rings. The third kappa shape index (κ3) is 2.82. The number of anilines is 1. The molecule has 0 bridgehead atoms. The number of nitrogens with two attached hydrogens (primary N) is 1. The zero-order valence-corrected chi connectivity index (χ0v) is 11.6. The van der Waals surface area contributed by atoms with Gasteiger partial charge in [0.15, 0.2) is 0 Å². The summed E-state index contributed by atoms with van der Waals surface area (Å²) in [5.41, 5.74) is 9.61. The Morgan fingerprint density at radius 2 is 1.72 bits per heavy atom. The maximum Gasteiger partial charge on any atom is 0.0317 e. The Morgan fingerprint density at radius 3 is 2.56 bits per heavy atom. The van der Waals surface area contributed by atoms with E-state index in [9.17, 15) is 0 Å². The van der Waals surface area contributed by atoms with Crippen LogP contribution in [0.3, 0.4) is 0 Å². The molecule has 0 unspecified atom stereocenters. The van der Waals surface area contributed by atoms with E-state index in [2.05, 4.69) is 33.7 Å². The third-order valence-corrected chi connectivity index (χ3v) is 4.80. The van der Waals surface area contributed by atoms with E-state index in [1.54, 1.807) is 0 Å². The van der Waals surface area contributed by atoms with Crippen LogP contribution in [0.2, 0.25) is 0 Å². The molecule has 1 saturated heterocycles. The standard InChI is InChI=1S/C14H21N3S/c15-14-2-1-12-10-17(11-13(12)9-14)4-3-16-5-7-18-8-6-16/h1-2,9H,3-8,10-11,15H2. The number of rotatable bonds is 3. The van der Waals surface area contributed by atoms with Crippen LogP contribution >= 0.6 is 11.8 Å². The van der Waals surface area contributed by atoms with Crippen LogP contribution in [0.5, 0.6) is 0 Å². The molecule has 2 heterocycles. The molecule has 3 nitrogen and oxygen atoms in total. The van der Waals surface area contributed by atoms with E-state index < -0.39 is 0 Å². The minimum atomic E-state index is 0.892. The zero-order chi connectivity index (χ0) is 12.4. The number of nitrogen functional groups attached to an aromatic ring is 1. The molecule has 1 aromatic rings. The van der Waals surface area contributed by atoms with Gasteiger partial charge >= 0.3 is 0 Å². The van der Waals surface area contributed by atoms with Crippen molar-refractivity contribution in [3.8, 4) is 0 Å². The SMILES string of the molecule is Nc1ccc2c(c1)CN(CCN1CCSCC1)C2. The normalized spacial score (nSPS) is 21.1. The van der Waals surface area contributed by atoms with Gasteiger partial charge in [-0.05, 0) is 23.3 Å². The van der Waals surface area contributed by atoms with E-state index in [1.165, 1.54) is 48.8 Å². The Bertz CT molecular complexity index is 416. The number of fused-ring (bicyclic) bond motifs is 1. The molecule has 0 aliphatic carbocycles. The van der Waals surface area contributed by atoms with Crippen molar-refractivity contribution < 1.29 is 0 Å². The van der Waals surface area contributed by atoms with Gasteiger partial charge in [-0.3, -0.25) is 4.90 Å². The molecule has 0 radical (unpaired) electrons. The number of thioether (sulfide) groups is 1. The van der Waals surface area contributed by atoms with Gasteiger partial charge in [-0.15, -0.1) is 0 Å². The average Bonchev–Trinajstić information content (AvgIpc) is 2.79. The van der Waals surface area contributed by atoms with Crippen LogP contribution < -0.4 is 5.73 Å². The second kappa shape index (κ2) is 5.51. The van der Waals surface area contributed by atoms with Crippen LogP contribution in [-0.2, 0) is 13.1 Å². The van der Waals surface area contributed by atoms with Crippen LogP contribution in [-0.4, -0.2) is 47.5 Å². The fraction of sp³-hybridized carbons (Fsp3) is 0.571. The largest absolute Gasteiger partial charge is 0.399 e. The summed E-state index contributed by atoms with van der Waals surface area (Å²) in [5.74, 6) is 2.60. The van der Waals surface area contributed by atoms with Gasteiger partial charge in [0.1, 0.15) is 0 Å². The van der Waals surface area contributed by atoms with Gasteiger partial charge in [0.25, 0.3) is 0 Å². The predicted octanol–water partition coefficient (Wildman–Crippen LogP) is 1.63. The molecule has 0 aromatic heterocycles. The molecule has 0 amide bonds. The molecule has 2 N–H and O–H groups in total. The Hall–Kier alpha value is -0.710. The summed E-state index contributed by atoms with van der Waals surface area (Å²) in [5, 5.41) is 0. The summed E-state index contributed by atoms with van der Waals surface area (Å²) in [6.45, 7) is 7.08. The lowest BCUT2D eigenvalue weighted by molar-refractivity contribution is 0.216. The molecule has 18 heavy (non-hydrogen) atoms. The first-order chi connectivity index (χ1) is 8.81. The molecule has 1 aromatic carbocycles.